The maximum absolute atomic E-state index is 13.1. The Morgan fingerprint density at radius 3 is 2.31 bits per heavy atom. The average Bonchev–Trinajstić information content (AvgIpc) is 2.20. The van der Waals surface area contributed by atoms with Gasteiger partial charge in [0.2, 0.25) is 5.91 Å². The molecule has 1 aromatic carbocycles. The molecule has 0 heterocycles. The molecule has 0 atom stereocenters. The fourth-order valence-corrected chi connectivity index (χ4v) is 1.10. The first kappa shape index (κ1) is 12.5. The summed E-state index contributed by atoms with van der Waals surface area (Å²) in [6, 6.07) is 1.02. The first-order chi connectivity index (χ1) is 7.54. The van der Waals surface area contributed by atoms with E-state index in [1.807, 2.05) is 5.32 Å². The minimum absolute atomic E-state index is 0.0761. The summed E-state index contributed by atoms with van der Waals surface area (Å²) in [7, 11) is 1.65. The lowest BCUT2D eigenvalue weighted by molar-refractivity contribution is -0.116. The largest absolute Gasteiger partial charge is 0.321 e. The van der Waals surface area contributed by atoms with E-state index in [1.165, 1.54) is 0 Å². The molecule has 0 radical (unpaired) electrons. The van der Waals surface area contributed by atoms with E-state index >= 15 is 0 Å². The fourth-order valence-electron chi connectivity index (χ4n) is 1.10. The van der Waals surface area contributed by atoms with Crippen LogP contribution < -0.4 is 10.6 Å². The topological polar surface area (TPSA) is 41.1 Å². The third-order valence-corrected chi connectivity index (χ3v) is 1.87. The third kappa shape index (κ3) is 3.23. The zero-order valence-corrected chi connectivity index (χ0v) is 8.61. The molecule has 0 aromatic heterocycles. The van der Waals surface area contributed by atoms with Crippen LogP contribution in [0.5, 0.6) is 0 Å². The van der Waals surface area contributed by atoms with E-state index in [-0.39, 0.29) is 6.42 Å². The van der Waals surface area contributed by atoms with Gasteiger partial charge in [-0.25, -0.2) is 13.2 Å². The number of rotatable bonds is 4. The van der Waals surface area contributed by atoms with Crippen LogP contribution in [-0.2, 0) is 4.79 Å². The number of benzene rings is 1. The maximum atomic E-state index is 13.1. The van der Waals surface area contributed by atoms with Crippen LogP contribution in [0.25, 0.3) is 0 Å². The van der Waals surface area contributed by atoms with Crippen LogP contribution in [0, 0.1) is 17.5 Å². The number of carbonyl (C=O) groups is 1. The van der Waals surface area contributed by atoms with E-state index in [9.17, 15) is 18.0 Å². The van der Waals surface area contributed by atoms with Gasteiger partial charge in [0.05, 0.1) is 0 Å². The molecule has 1 amide bonds. The molecule has 0 fully saturated rings. The first-order valence-corrected chi connectivity index (χ1v) is 4.63. The van der Waals surface area contributed by atoms with Crippen molar-refractivity contribution < 1.29 is 18.0 Å². The van der Waals surface area contributed by atoms with E-state index in [4.69, 9.17) is 0 Å². The van der Waals surface area contributed by atoms with E-state index < -0.39 is 29.0 Å². The van der Waals surface area contributed by atoms with Crippen molar-refractivity contribution in [1.29, 1.82) is 0 Å². The van der Waals surface area contributed by atoms with Crippen molar-refractivity contribution >= 4 is 11.6 Å². The third-order valence-electron chi connectivity index (χ3n) is 1.87. The molecule has 0 saturated heterocycles. The highest BCUT2D eigenvalue weighted by Gasteiger charge is 2.13. The van der Waals surface area contributed by atoms with Gasteiger partial charge in [-0.05, 0) is 7.05 Å². The van der Waals surface area contributed by atoms with Gasteiger partial charge in [-0.1, -0.05) is 0 Å². The summed E-state index contributed by atoms with van der Waals surface area (Å²) in [6.07, 6.45) is 0.0761. The molecule has 0 aliphatic carbocycles. The number of carbonyl (C=O) groups excluding carboxylic acids is 1. The second-order valence-corrected chi connectivity index (χ2v) is 3.15. The quantitative estimate of drug-likeness (QED) is 0.828. The van der Waals surface area contributed by atoms with Crippen LogP contribution in [0.1, 0.15) is 6.42 Å². The van der Waals surface area contributed by atoms with Gasteiger partial charge in [-0.2, -0.15) is 0 Å². The second-order valence-electron chi connectivity index (χ2n) is 3.15. The molecule has 0 saturated carbocycles. The van der Waals surface area contributed by atoms with Gasteiger partial charge < -0.3 is 10.6 Å². The molecule has 88 valence electrons. The Morgan fingerprint density at radius 2 is 1.81 bits per heavy atom. The lowest BCUT2D eigenvalue weighted by Gasteiger charge is -2.07. The van der Waals surface area contributed by atoms with Crippen molar-refractivity contribution in [3.05, 3.63) is 29.6 Å². The van der Waals surface area contributed by atoms with Crippen molar-refractivity contribution in [3.8, 4) is 0 Å². The molecule has 16 heavy (non-hydrogen) atoms. The summed E-state index contributed by atoms with van der Waals surface area (Å²) in [4.78, 5) is 11.2. The van der Waals surface area contributed by atoms with Gasteiger partial charge in [-0.15, -0.1) is 0 Å². The van der Waals surface area contributed by atoms with E-state index in [2.05, 4.69) is 5.32 Å². The van der Waals surface area contributed by atoms with Crippen LogP contribution in [0.4, 0.5) is 18.9 Å². The molecule has 0 aliphatic rings. The molecule has 0 bridgehead atoms. The van der Waals surface area contributed by atoms with E-state index in [0.717, 1.165) is 0 Å². The highest BCUT2D eigenvalue weighted by molar-refractivity contribution is 5.91. The smallest absolute Gasteiger partial charge is 0.225 e. The van der Waals surface area contributed by atoms with Gasteiger partial charge in [-0.3, -0.25) is 4.79 Å². The number of halogens is 3. The molecule has 1 aromatic rings. The van der Waals surface area contributed by atoms with Gasteiger partial charge >= 0.3 is 0 Å². The molecule has 3 nitrogen and oxygen atoms in total. The molecule has 2 N–H and O–H groups in total. The lowest BCUT2D eigenvalue weighted by Crippen LogP contribution is -2.20. The Kier molecular flexibility index (Phi) is 4.30. The Labute approximate surface area is 90.6 Å². The Balaban J connectivity index is 2.77. The summed E-state index contributed by atoms with van der Waals surface area (Å²) in [5.41, 5.74) is -0.623. The Bertz CT molecular complexity index is 373. The summed E-state index contributed by atoms with van der Waals surface area (Å²) >= 11 is 0. The van der Waals surface area contributed by atoms with Crippen LogP contribution in [0.3, 0.4) is 0 Å². The molecular weight excluding hydrogens is 221 g/mol. The number of hydrogen-bond donors (Lipinski definition) is 2. The number of nitrogens with one attached hydrogen (secondary N) is 2. The van der Waals surface area contributed by atoms with Gasteiger partial charge in [0.1, 0.15) is 11.5 Å². The molecular formula is C10H11F3N2O. The molecule has 0 spiro atoms. The monoisotopic (exact) mass is 232 g/mol. The minimum Gasteiger partial charge on any atom is -0.321 e. The first-order valence-electron chi connectivity index (χ1n) is 4.63. The Hall–Kier alpha value is -1.56. The van der Waals surface area contributed by atoms with Gasteiger partial charge in [0.25, 0.3) is 0 Å². The summed E-state index contributed by atoms with van der Waals surface area (Å²) in [6.45, 7) is 0.385. The minimum atomic E-state index is -1.13. The SMILES string of the molecule is CNCCC(=O)Nc1c(F)cc(F)cc1F. The van der Waals surface area contributed by atoms with Gasteiger partial charge in [0, 0.05) is 25.1 Å². The molecule has 0 unspecified atom stereocenters. The summed E-state index contributed by atoms with van der Waals surface area (Å²) in [5, 5.41) is 4.76. The van der Waals surface area contributed by atoms with Crippen LogP contribution in [-0.4, -0.2) is 19.5 Å². The summed E-state index contributed by atoms with van der Waals surface area (Å²) in [5.74, 6) is -3.83. The van der Waals surface area contributed by atoms with Crippen LogP contribution in [0.2, 0.25) is 0 Å². The standard InChI is InChI=1S/C10H11F3N2O/c1-14-3-2-9(16)15-10-7(12)4-6(11)5-8(10)13/h4-5,14H,2-3H2,1H3,(H,15,16). The van der Waals surface area contributed by atoms with Crippen molar-refractivity contribution in [2.24, 2.45) is 0 Å². The zero-order chi connectivity index (χ0) is 12.1. The number of anilines is 1. The van der Waals surface area contributed by atoms with Crippen LogP contribution in [0.15, 0.2) is 12.1 Å². The van der Waals surface area contributed by atoms with Gasteiger partial charge in [0.15, 0.2) is 11.6 Å². The highest BCUT2D eigenvalue weighted by atomic mass is 19.1. The zero-order valence-electron chi connectivity index (χ0n) is 8.61. The molecule has 6 heteroatoms. The summed E-state index contributed by atoms with van der Waals surface area (Å²) < 4.78 is 38.7. The Morgan fingerprint density at radius 1 is 1.25 bits per heavy atom. The van der Waals surface area contributed by atoms with Crippen molar-refractivity contribution in [3.63, 3.8) is 0 Å². The van der Waals surface area contributed by atoms with Crippen LogP contribution >= 0.6 is 0 Å². The van der Waals surface area contributed by atoms with E-state index in [1.54, 1.807) is 7.05 Å². The second kappa shape index (κ2) is 5.50. The van der Waals surface area contributed by atoms with E-state index in [0.29, 0.717) is 18.7 Å². The lowest BCUT2D eigenvalue weighted by atomic mass is 10.2. The highest BCUT2D eigenvalue weighted by Crippen LogP contribution is 2.20. The number of hydrogen-bond acceptors (Lipinski definition) is 2. The predicted molar refractivity (Wildman–Crippen MR) is 53.5 cm³/mol. The fraction of sp³-hybridized carbons (Fsp3) is 0.300. The normalized spacial score (nSPS) is 10.2. The molecule has 1 rings (SSSR count). The predicted octanol–water partition coefficient (Wildman–Crippen LogP) is 1.65. The van der Waals surface area contributed by atoms with Crippen molar-refractivity contribution in [2.75, 3.05) is 18.9 Å². The maximum Gasteiger partial charge on any atom is 0.225 e. The van der Waals surface area contributed by atoms with Crippen molar-refractivity contribution in [1.82, 2.24) is 5.32 Å². The average molecular weight is 232 g/mol. The van der Waals surface area contributed by atoms with Crippen molar-refractivity contribution in [2.45, 2.75) is 6.42 Å². The molecule has 0 aliphatic heterocycles. The number of amides is 1.